The summed E-state index contributed by atoms with van der Waals surface area (Å²) in [6.07, 6.45) is 6.28. The van der Waals surface area contributed by atoms with E-state index in [-0.39, 0.29) is 12.2 Å². The van der Waals surface area contributed by atoms with Gasteiger partial charge in [0, 0.05) is 36.0 Å². The molecule has 3 aliphatic rings. The Balaban J connectivity index is 1.41. The third-order valence-corrected chi connectivity index (χ3v) is 8.19. The number of nitrogens with zero attached hydrogens (tertiary/aromatic N) is 1. The maximum Gasteiger partial charge on any atom is 0.248 e. The number of benzene rings is 2. The van der Waals surface area contributed by atoms with Crippen LogP contribution in [-0.2, 0) is 15.9 Å². The van der Waals surface area contributed by atoms with Crippen LogP contribution in [0.25, 0.3) is 0 Å². The highest BCUT2D eigenvalue weighted by molar-refractivity contribution is 6.30. The highest BCUT2D eigenvalue weighted by Gasteiger charge is 2.37. The smallest absolute Gasteiger partial charge is 0.248 e. The second kappa shape index (κ2) is 11.4. The van der Waals surface area contributed by atoms with E-state index >= 15 is 0 Å². The normalized spacial score (nSPS) is 24.4. The minimum atomic E-state index is -0.422. The van der Waals surface area contributed by atoms with Crippen LogP contribution in [0.4, 0.5) is 5.69 Å². The van der Waals surface area contributed by atoms with Crippen molar-refractivity contribution in [3.63, 3.8) is 0 Å². The van der Waals surface area contributed by atoms with Gasteiger partial charge in [-0.15, -0.1) is 0 Å². The summed E-state index contributed by atoms with van der Waals surface area (Å²) in [7, 11) is 0. The number of fused-ring (bicyclic) bond motifs is 1. The number of halogens is 1. The fourth-order valence-electron chi connectivity index (χ4n) is 5.86. The molecule has 7 heteroatoms. The zero-order valence-electron chi connectivity index (χ0n) is 21.1. The minimum absolute atomic E-state index is 0.0776. The highest BCUT2D eigenvalue weighted by atomic mass is 35.5. The SMILES string of the molecule is CCCc1cc(Cl)ccc1C1COc2ccc(C(N)=O)cc2N(CC2CCC2CC2OCCCO2)C1. The van der Waals surface area contributed by atoms with E-state index in [1.807, 2.05) is 18.2 Å². The van der Waals surface area contributed by atoms with Crippen molar-refractivity contribution in [1.29, 1.82) is 0 Å². The predicted octanol–water partition coefficient (Wildman–Crippen LogP) is 5.55. The standard InChI is InChI=1S/C29H37ClN2O4/c1-2-4-20-13-24(30)8-9-25(20)23-17-32(26-14-21(29(31)33)7-10-27(26)36-18-23)16-22-6-5-19(22)15-28-34-11-3-12-35-28/h7-10,13-14,19,22-23,28H,2-6,11-12,15-18H2,1H3,(H2,31,33). The summed E-state index contributed by atoms with van der Waals surface area (Å²) in [4.78, 5) is 14.4. The summed E-state index contributed by atoms with van der Waals surface area (Å²) < 4.78 is 18.0. The van der Waals surface area contributed by atoms with Crippen LogP contribution in [0.5, 0.6) is 5.75 Å². The molecule has 1 aliphatic carbocycles. The lowest BCUT2D eigenvalue weighted by atomic mass is 9.71. The van der Waals surface area contributed by atoms with E-state index in [2.05, 4.69) is 24.0 Å². The van der Waals surface area contributed by atoms with Crippen LogP contribution in [-0.4, -0.2) is 45.1 Å². The molecule has 2 aromatic rings. The molecular weight excluding hydrogens is 476 g/mol. The second-order valence-corrected chi connectivity index (χ2v) is 10.8. The third-order valence-electron chi connectivity index (χ3n) is 7.95. The van der Waals surface area contributed by atoms with Crippen LogP contribution in [0.3, 0.4) is 0 Å². The van der Waals surface area contributed by atoms with E-state index in [9.17, 15) is 4.79 Å². The summed E-state index contributed by atoms with van der Waals surface area (Å²) in [5, 5.41) is 0.771. The molecule has 1 saturated carbocycles. The molecule has 194 valence electrons. The lowest BCUT2D eigenvalue weighted by Crippen LogP contribution is -2.42. The van der Waals surface area contributed by atoms with Crippen LogP contribution in [0.15, 0.2) is 36.4 Å². The quantitative estimate of drug-likeness (QED) is 0.501. The number of carbonyl (C=O) groups is 1. The molecule has 6 nitrogen and oxygen atoms in total. The molecule has 0 bridgehead atoms. The zero-order chi connectivity index (χ0) is 25.1. The van der Waals surface area contributed by atoms with Gasteiger partial charge in [-0.1, -0.05) is 31.0 Å². The number of hydrogen-bond acceptors (Lipinski definition) is 5. The van der Waals surface area contributed by atoms with Gasteiger partial charge in [-0.25, -0.2) is 0 Å². The van der Waals surface area contributed by atoms with Crippen LogP contribution < -0.4 is 15.4 Å². The van der Waals surface area contributed by atoms with Crippen LogP contribution in [0, 0.1) is 11.8 Å². The first kappa shape index (κ1) is 25.4. The Hall–Kier alpha value is -2.28. The Morgan fingerprint density at radius 2 is 1.92 bits per heavy atom. The van der Waals surface area contributed by atoms with Crippen molar-refractivity contribution in [3.05, 3.63) is 58.1 Å². The van der Waals surface area contributed by atoms with Gasteiger partial charge < -0.3 is 24.8 Å². The van der Waals surface area contributed by atoms with Crippen molar-refractivity contribution < 1.29 is 19.0 Å². The number of nitrogens with two attached hydrogens (primary N) is 1. The van der Waals surface area contributed by atoms with E-state index in [4.69, 9.17) is 31.5 Å². The van der Waals surface area contributed by atoms with E-state index in [1.54, 1.807) is 6.07 Å². The summed E-state index contributed by atoms with van der Waals surface area (Å²) in [5.41, 5.74) is 9.69. The van der Waals surface area contributed by atoms with Gasteiger partial charge in [0.15, 0.2) is 6.29 Å². The van der Waals surface area contributed by atoms with E-state index < -0.39 is 5.91 Å². The zero-order valence-corrected chi connectivity index (χ0v) is 21.8. The molecule has 1 saturated heterocycles. The molecule has 1 amide bonds. The highest BCUT2D eigenvalue weighted by Crippen LogP contribution is 2.43. The Kier molecular flexibility index (Phi) is 8.04. The maximum atomic E-state index is 12.0. The second-order valence-electron chi connectivity index (χ2n) is 10.4. The Bertz CT molecular complexity index is 1070. The first-order valence-electron chi connectivity index (χ1n) is 13.3. The molecule has 2 fully saturated rings. The number of amides is 1. The molecule has 0 spiro atoms. The topological polar surface area (TPSA) is 74.0 Å². The van der Waals surface area contributed by atoms with Gasteiger partial charge >= 0.3 is 0 Å². The molecule has 2 aromatic carbocycles. The van der Waals surface area contributed by atoms with E-state index in [1.165, 1.54) is 24.0 Å². The van der Waals surface area contributed by atoms with Crippen molar-refractivity contribution in [1.82, 2.24) is 0 Å². The first-order chi connectivity index (χ1) is 17.5. The monoisotopic (exact) mass is 512 g/mol. The fourth-order valence-corrected chi connectivity index (χ4v) is 6.05. The number of ether oxygens (including phenoxy) is 3. The lowest BCUT2D eigenvalue weighted by molar-refractivity contribution is -0.192. The van der Waals surface area contributed by atoms with Gasteiger partial charge in [-0.05, 0) is 79.0 Å². The molecule has 5 rings (SSSR count). The summed E-state index contributed by atoms with van der Waals surface area (Å²) in [6.45, 7) is 6.07. The molecule has 0 aromatic heterocycles. The number of aryl methyl sites for hydroxylation is 1. The fraction of sp³-hybridized carbons (Fsp3) is 0.552. The average Bonchev–Trinajstić information content (AvgIpc) is 3.05. The lowest BCUT2D eigenvalue weighted by Gasteiger charge is -2.42. The van der Waals surface area contributed by atoms with Crippen molar-refractivity contribution in [2.24, 2.45) is 17.6 Å². The molecular formula is C29H37ClN2O4. The molecule has 2 N–H and O–H groups in total. The number of anilines is 1. The van der Waals surface area contributed by atoms with Crippen molar-refractivity contribution in [2.45, 2.75) is 57.7 Å². The number of rotatable bonds is 8. The predicted molar refractivity (Wildman–Crippen MR) is 142 cm³/mol. The molecule has 2 aliphatic heterocycles. The van der Waals surface area contributed by atoms with Crippen molar-refractivity contribution in [3.8, 4) is 5.75 Å². The van der Waals surface area contributed by atoms with Gasteiger partial charge in [-0.2, -0.15) is 0 Å². The van der Waals surface area contributed by atoms with E-state index in [0.29, 0.717) is 24.0 Å². The summed E-state index contributed by atoms with van der Waals surface area (Å²) >= 11 is 6.36. The van der Waals surface area contributed by atoms with Crippen LogP contribution in [0.1, 0.15) is 66.4 Å². The van der Waals surface area contributed by atoms with Gasteiger partial charge in [0.05, 0.1) is 25.5 Å². The first-order valence-corrected chi connectivity index (χ1v) is 13.7. The molecule has 3 atom stereocenters. The third kappa shape index (κ3) is 5.66. The number of hydrogen-bond donors (Lipinski definition) is 1. The average molecular weight is 513 g/mol. The molecule has 2 heterocycles. The number of carbonyl (C=O) groups excluding carboxylic acids is 1. The van der Waals surface area contributed by atoms with Gasteiger partial charge in [0.2, 0.25) is 5.91 Å². The Morgan fingerprint density at radius 1 is 1.11 bits per heavy atom. The van der Waals surface area contributed by atoms with Crippen LogP contribution in [0.2, 0.25) is 5.02 Å². The Morgan fingerprint density at radius 3 is 2.64 bits per heavy atom. The Labute approximate surface area is 219 Å². The van der Waals surface area contributed by atoms with Gasteiger partial charge in [-0.3, -0.25) is 4.79 Å². The number of primary amides is 1. The molecule has 0 radical (unpaired) electrons. The molecule has 3 unspecified atom stereocenters. The van der Waals surface area contributed by atoms with Crippen LogP contribution >= 0.6 is 11.6 Å². The summed E-state index contributed by atoms with van der Waals surface area (Å²) in [5.74, 6) is 1.70. The van der Waals surface area contributed by atoms with E-state index in [0.717, 1.165) is 68.4 Å². The molecule has 36 heavy (non-hydrogen) atoms. The largest absolute Gasteiger partial charge is 0.491 e. The maximum absolute atomic E-state index is 12.0. The van der Waals surface area contributed by atoms with Gasteiger partial charge in [0.1, 0.15) is 5.75 Å². The minimum Gasteiger partial charge on any atom is -0.491 e. The van der Waals surface area contributed by atoms with Gasteiger partial charge in [0.25, 0.3) is 0 Å². The van der Waals surface area contributed by atoms with Crippen molar-refractivity contribution >= 4 is 23.2 Å². The van der Waals surface area contributed by atoms with Crippen molar-refractivity contribution in [2.75, 3.05) is 37.8 Å². The summed E-state index contributed by atoms with van der Waals surface area (Å²) in [6, 6.07) is 11.8.